The normalized spacial score (nSPS) is 17.2. The lowest BCUT2D eigenvalue weighted by Crippen LogP contribution is -2.43. The first kappa shape index (κ1) is 18.7. The van der Waals surface area contributed by atoms with E-state index in [1.807, 2.05) is 4.90 Å². The monoisotopic (exact) mass is 401 g/mol. The summed E-state index contributed by atoms with van der Waals surface area (Å²) in [6.07, 6.45) is 3.18. The summed E-state index contributed by atoms with van der Waals surface area (Å²) < 4.78 is 15.1. The summed E-state index contributed by atoms with van der Waals surface area (Å²) >= 11 is 1.24. The van der Waals surface area contributed by atoms with Crippen LogP contribution in [-0.4, -0.2) is 48.7 Å². The van der Waals surface area contributed by atoms with Gasteiger partial charge in [0.05, 0.1) is 5.75 Å². The van der Waals surface area contributed by atoms with Gasteiger partial charge in [0.15, 0.2) is 16.6 Å². The van der Waals surface area contributed by atoms with Crippen LogP contribution in [0.25, 0.3) is 17.0 Å². The fraction of sp³-hybridized carbons (Fsp3) is 0.368. The van der Waals surface area contributed by atoms with Crippen LogP contribution in [-0.2, 0) is 4.79 Å². The zero-order valence-electron chi connectivity index (χ0n) is 15.4. The van der Waals surface area contributed by atoms with E-state index in [0.717, 1.165) is 25.8 Å². The number of rotatable bonds is 4. The van der Waals surface area contributed by atoms with Crippen LogP contribution in [0.4, 0.5) is 4.39 Å². The van der Waals surface area contributed by atoms with Crippen LogP contribution >= 0.6 is 11.8 Å². The topological polar surface area (TPSA) is 83.4 Å². The number of fused-ring (bicyclic) bond motifs is 1. The SMILES string of the molecule is C[C@@H]1CCCCN1C(=O)CSc1nc(-c2cccc(F)c2)nc2cc(=O)[nH]n12. The molecule has 1 aromatic carbocycles. The molecule has 0 unspecified atom stereocenters. The van der Waals surface area contributed by atoms with Gasteiger partial charge in [0.1, 0.15) is 5.82 Å². The van der Waals surface area contributed by atoms with Crippen molar-refractivity contribution in [3.63, 3.8) is 0 Å². The van der Waals surface area contributed by atoms with E-state index >= 15 is 0 Å². The maximum Gasteiger partial charge on any atom is 0.266 e. The lowest BCUT2D eigenvalue weighted by molar-refractivity contribution is -0.131. The summed E-state index contributed by atoms with van der Waals surface area (Å²) in [7, 11) is 0. The van der Waals surface area contributed by atoms with Crippen LogP contribution in [0.15, 0.2) is 40.3 Å². The van der Waals surface area contributed by atoms with Gasteiger partial charge in [-0.3, -0.25) is 14.7 Å². The van der Waals surface area contributed by atoms with Crippen molar-refractivity contribution in [3.05, 3.63) is 46.5 Å². The molecule has 0 aliphatic carbocycles. The molecule has 0 radical (unpaired) electrons. The molecular weight excluding hydrogens is 381 g/mol. The van der Waals surface area contributed by atoms with Crippen molar-refractivity contribution in [3.8, 4) is 11.4 Å². The first-order valence-electron chi connectivity index (χ1n) is 9.19. The molecule has 1 fully saturated rings. The van der Waals surface area contributed by atoms with Gasteiger partial charge in [-0.05, 0) is 38.3 Å². The standard InChI is InChI=1S/C19H20FN5O2S/c1-12-5-2-3-8-24(12)17(27)11-28-19-22-18(13-6-4-7-14(20)9-13)21-15-10-16(26)23-25(15)19/h4,6-7,9-10,12H,2-3,5,8,11H2,1H3,(H,23,26)/t12-/m1/s1. The summed E-state index contributed by atoms with van der Waals surface area (Å²) in [4.78, 5) is 35.2. The summed E-state index contributed by atoms with van der Waals surface area (Å²) in [5.41, 5.74) is 0.568. The Kier molecular flexibility index (Phi) is 5.17. The van der Waals surface area contributed by atoms with E-state index in [1.165, 1.54) is 34.5 Å². The zero-order chi connectivity index (χ0) is 19.7. The Labute approximate surface area is 165 Å². The summed E-state index contributed by atoms with van der Waals surface area (Å²) in [6, 6.07) is 7.55. The van der Waals surface area contributed by atoms with Crippen LogP contribution in [0, 0.1) is 5.82 Å². The van der Waals surface area contributed by atoms with Gasteiger partial charge in [-0.1, -0.05) is 23.9 Å². The number of hydrogen-bond donors (Lipinski definition) is 1. The molecule has 2 aromatic heterocycles. The van der Waals surface area contributed by atoms with Gasteiger partial charge >= 0.3 is 0 Å². The highest BCUT2D eigenvalue weighted by atomic mass is 32.2. The third-order valence-electron chi connectivity index (χ3n) is 4.86. The van der Waals surface area contributed by atoms with E-state index < -0.39 is 5.82 Å². The molecule has 0 saturated carbocycles. The average Bonchev–Trinajstić information content (AvgIpc) is 3.06. The molecular formula is C19H20FN5O2S. The molecule has 3 heterocycles. The number of halogens is 1. The Balaban J connectivity index is 1.64. The molecule has 1 N–H and O–H groups in total. The van der Waals surface area contributed by atoms with E-state index in [1.54, 1.807) is 12.1 Å². The lowest BCUT2D eigenvalue weighted by atomic mass is 10.0. The van der Waals surface area contributed by atoms with Crippen LogP contribution in [0.3, 0.4) is 0 Å². The van der Waals surface area contributed by atoms with Gasteiger partial charge in [0.25, 0.3) is 5.56 Å². The maximum absolute atomic E-state index is 13.6. The molecule has 1 atom stereocenters. The van der Waals surface area contributed by atoms with E-state index in [0.29, 0.717) is 22.2 Å². The molecule has 1 saturated heterocycles. The number of likely N-dealkylation sites (tertiary alicyclic amines) is 1. The summed E-state index contributed by atoms with van der Waals surface area (Å²) in [5, 5.41) is 3.08. The number of aromatic nitrogens is 4. The number of benzene rings is 1. The molecule has 28 heavy (non-hydrogen) atoms. The number of amides is 1. The molecule has 3 aromatic rings. The molecule has 0 bridgehead atoms. The van der Waals surface area contributed by atoms with Crippen LogP contribution in [0.5, 0.6) is 0 Å². The van der Waals surface area contributed by atoms with E-state index in [2.05, 4.69) is 22.0 Å². The minimum Gasteiger partial charge on any atom is -0.339 e. The number of carbonyl (C=O) groups is 1. The van der Waals surface area contributed by atoms with Crippen molar-refractivity contribution in [1.82, 2.24) is 24.5 Å². The first-order chi connectivity index (χ1) is 13.5. The molecule has 0 spiro atoms. The number of carbonyl (C=O) groups excluding carboxylic acids is 1. The number of nitrogens with zero attached hydrogens (tertiary/aromatic N) is 4. The van der Waals surface area contributed by atoms with Crippen molar-refractivity contribution in [1.29, 1.82) is 0 Å². The zero-order valence-corrected chi connectivity index (χ0v) is 16.2. The van der Waals surface area contributed by atoms with Crippen LogP contribution < -0.4 is 5.56 Å². The van der Waals surface area contributed by atoms with Gasteiger partial charge in [-0.15, -0.1) is 0 Å². The third kappa shape index (κ3) is 3.80. The Bertz CT molecular complexity index is 1080. The molecule has 146 valence electrons. The fourth-order valence-corrected chi connectivity index (χ4v) is 4.25. The molecule has 9 heteroatoms. The largest absolute Gasteiger partial charge is 0.339 e. The number of nitrogens with one attached hydrogen (secondary N) is 1. The van der Waals surface area contributed by atoms with Crippen molar-refractivity contribution >= 4 is 23.3 Å². The molecule has 1 aliphatic rings. The van der Waals surface area contributed by atoms with E-state index in [4.69, 9.17) is 0 Å². The second kappa shape index (κ2) is 7.75. The van der Waals surface area contributed by atoms with Crippen LogP contribution in [0.2, 0.25) is 0 Å². The summed E-state index contributed by atoms with van der Waals surface area (Å²) in [6.45, 7) is 2.84. The van der Waals surface area contributed by atoms with Crippen molar-refractivity contribution in [2.45, 2.75) is 37.4 Å². The van der Waals surface area contributed by atoms with Crippen molar-refractivity contribution in [2.75, 3.05) is 12.3 Å². The molecule has 1 amide bonds. The molecule has 1 aliphatic heterocycles. The van der Waals surface area contributed by atoms with Gasteiger partial charge in [-0.25, -0.2) is 18.9 Å². The number of thioether (sulfide) groups is 1. The smallest absolute Gasteiger partial charge is 0.266 e. The fourth-order valence-electron chi connectivity index (χ4n) is 3.42. The Hall–Kier alpha value is -2.68. The number of piperidine rings is 1. The van der Waals surface area contributed by atoms with E-state index in [9.17, 15) is 14.0 Å². The molecule has 7 nitrogen and oxygen atoms in total. The van der Waals surface area contributed by atoms with Crippen molar-refractivity contribution in [2.24, 2.45) is 0 Å². The second-order valence-electron chi connectivity index (χ2n) is 6.87. The molecule has 4 rings (SSSR count). The Morgan fingerprint density at radius 1 is 1.32 bits per heavy atom. The third-order valence-corrected chi connectivity index (χ3v) is 5.78. The van der Waals surface area contributed by atoms with E-state index in [-0.39, 0.29) is 23.3 Å². The van der Waals surface area contributed by atoms with Gasteiger partial charge < -0.3 is 4.90 Å². The maximum atomic E-state index is 13.6. The van der Waals surface area contributed by atoms with Gasteiger partial charge in [0.2, 0.25) is 5.91 Å². The lowest BCUT2D eigenvalue weighted by Gasteiger charge is -2.33. The number of aromatic amines is 1. The minimum absolute atomic E-state index is 0.0470. The quantitative estimate of drug-likeness (QED) is 0.680. The number of hydrogen-bond acceptors (Lipinski definition) is 5. The van der Waals surface area contributed by atoms with Crippen LogP contribution in [0.1, 0.15) is 26.2 Å². The highest BCUT2D eigenvalue weighted by Gasteiger charge is 2.23. The minimum atomic E-state index is -0.393. The number of H-pyrrole nitrogens is 1. The Morgan fingerprint density at radius 2 is 2.18 bits per heavy atom. The second-order valence-corrected chi connectivity index (χ2v) is 7.82. The predicted octanol–water partition coefficient (Wildman–Crippen LogP) is 2.72. The highest BCUT2D eigenvalue weighted by molar-refractivity contribution is 7.99. The summed E-state index contributed by atoms with van der Waals surface area (Å²) in [5.74, 6) is 0.167. The van der Waals surface area contributed by atoms with Crippen molar-refractivity contribution < 1.29 is 9.18 Å². The van der Waals surface area contributed by atoms with Gasteiger partial charge in [0, 0.05) is 24.2 Å². The highest BCUT2D eigenvalue weighted by Crippen LogP contribution is 2.24. The van der Waals surface area contributed by atoms with Gasteiger partial charge in [-0.2, -0.15) is 0 Å². The Morgan fingerprint density at radius 3 is 2.96 bits per heavy atom. The predicted molar refractivity (Wildman–Crippen MR) is 105 cm³/mol. The first-order valence-corrected chi connectivity index (χ1v) is 10.2. The average molecular weight is 401 g/mol.